The molecular formula is C38H21IN2O4. The van der Waals surface area contributed by atoms with Crippen molar-refractivity contribution in [3.8, 4) is 0 Å². The van der Waals surface area contributed by atoms with E-state index in [9.17, 15) is 19.2 Å². The first-order valence-corrected chi connectivity index (χ1v) is 15.6. The lowest BCUT2D eigenvalue weighted by atomic mass is 9.82. The van der Waals surface area contributed by atoms with Gasteiger partial charge >= 0.3 is 0 Å². The summed E-state index contributed by atoms with van der Waals surface area (Å²) in [5.41, 5.74) is 4.79. The minimum absolute atomic E-state index is 0.354. The number of aryl methyl sites for hydroxylation is 2. The molecule has 2 aliphatic heterocycles. The van der Waals surface area contributed by atoms with Crippen molar-refractivity contribution in [2.45, 2.75) is 13.8 Å². The van der Waals surface area contributed by atoms with Gasteiger partial charge in [0.2, 0.25) is 0 Å². The molecule has 0 unspecified atom stereocenters. The van der Waals surface area contributed by atoms with Crippen LogP contribution in [0.4, 0.5) is 11.4 Å². The van der Waals surface area contributed by atoms with Gasteiger partial charge in [-0.25, -0.2) is 9.80 Å². The molecule has 0 radical (unpaired) electrons. The zero-order valence-corrected chi connectivity index (χ0v) is 26.2. The lowest BCUT2D eigenvalue weighted by molar-refractivity contribution is 0.0877. The molecule has 0 fully saturated rings. The summed E-state index contributed by atoms with van der Waals surface area (Å²) in [6.45, 7) is 3.84. The lowest BCUT2D eigenvalue weighted by Crippen LogP contribution is -2.41. The number of hydrogen-bond donors (Lipinski definition) is 0. The molecule has 7 aromatic carbocycles. The maximum Gasteiger partial charge on any atom is 0.265 e. The Labute approximate surface area is 270 Å². The van der Waals surface area contributed by atoms with Crippen LogP contribution < -0.4 is 9.80 Å². The van der Waals surface area contributed by atoms with Crippen LogP contribution in [0, 0.1) is 17.4 Å². The standard InChI is InChI=1S/C38H21IN2O4/c1-18-3-4-19(2)30(17-18)41-37(44)28-15-11-24-22-9-13-26-33-27(36(43)40(35(26)42)21-7-5-20(39)6-8-21)14-10-23(31(22)33)25-12-16-29(38(41)45)34(28)32(24)25/h3-17H,1-2H3. The number of benzene rings is 7. The van der Waals surface area contributed by atoms with E-state index in [4.69, 9.17) is 0 Å². The fourth-order valence-electron chi connectivity index (χ4n) is 7.27. The highest BCUT2D eigenvalue weighted by Crippen LogP contribution is 2.47. The summed E-state index contributed by atoms with van der Waals surface area (Å²) < 4.78 is 1.01. The number of carbonyl (C=O) groups excluding carboxylic acids is 4. The second-order valence-electron chi connectivity index (χ2n) is 11.8. The van der Waals surface area contributed by atoms with Crippen molar-refractivity contribution in [2.24, 2.45) is 0 Å². The van der Waals surface area contributed by atoms with Crippen molar-refractivity contribution in [1.29, 1.82) is 0 Å². The van der Waals surface area contributed by atoms with E-state index >= 15 is 0 Å². The van der Waals surface area contributed by atoms with Crippen LogP contribution in [0.3, 0.4) is 0 Å². The summed E-state index contributed by atoms with van der Waals surface area (Å²) in [6.07, 6.45) is 0. The van der Waals surface area contributed by atoms with Crippen LogP contribution in [-0.4, -0.2) is 23.6 Å². The fraction of sp³-hybridized carbons (Fsp3) is 0.0526. The lowest BCUT2D eigenvalue weighted by Gasteiger charge is -2.30. The van der Waals surface area contributed by atoms with Gasteiger partial charge in [-0.15, -0.1) is 0 Å². The van der Waals surface area contributed by atoms with Gasteiger partial charge in [-0.1, -0.05) is 36.4 Å². The third-order valence-electron chi connectivity index (χ3n) is 9.33. The predicted octanol–water partition coefficient (Wildman–Crippen LogP) is 8.56. The highest BCUT2D eigenvalue weighted by molar-refractivity contribution is 14.1. The van der Waals surface area contributed by atoms with Crippen LogP contribution in [0.5, 0.6) is 0 Å². The van der Waals surface area contributed by atoms with Crippen molar-refractivity contribution in [1.82, 2.24) is 0 Å². The Morgan fingerprint density at radius 1 is 0.467 bits per heavy atom. The van der Waals surface area contributed by atoms with Gasteiger partial charge in [-0.2, -0.15) is 0 Å². The first-order chi connectivity index (χ1) is 21.7. The molecule has 0 N–H and O–H groups in total. The van der Waals surface area contributed by atoms with E-state index in [1.165, 1.54) is 9.80 Å². The van der Waals surface area contributed by atoms with Crippen LogP contribution in [0.2, 0.25) is 0 Å². The number of amides is 4. The quantitative estimate of drug-likeness (QED) is 0.0786. The van der Waals surface area contributed by atoms with E-state index in [0.29, 0.717) is 44.4 Å². The van der Waals surface area contributed by atoms with E-state index < -0.39 is 0 Å². The van der Waals surface area contributed by atoms with E-state index in [1.807, 2.05) is 68.4 Å². The minimum atomic E-state index is -0.365. The Bertz CT molecular complexity index is 2430. The van der Waals surface area contributed by atoms with Crippen molar-refractivity contribution in [3.05, 3.63) is 128 Å². The number of fused-ring (bicyclic) bond motifs is 2. The largest absolute Gasteiger partial charge is 0.268 e. The molecule has 0 atom stereocenters. The summed E-state index contributed by atoms with van der Waals surface area (Å²) in [6, 6.07) is 28.0. The summed E-state index contributed by atoms with van der Waals surface area (Å²) in [5.74, 6) is -1.44. The SMILES string of the molecule is Cc1ccc(C)c(N2C(=O)c3ccc4c5ccc6c7c(ccc(c8ccc(c3c48)C2=O)c75)C(=O)N(c2ccc(I)cc2)C6=O)c1. The van der Waals surface area contributed by atoms with Crippen molar-refractivity contribution in [2.75, 3.05) is 9.80 Å². The Morgan fingerprint density at radius 2 is 0.889 bits per heavy atom. The first-order valence-electron chi connectivity index (χ1n) is 14.5. The Hall–Kier alpha value is -5.15. The monoisotopic (exact) mass is 696 g/mol. The van der Waals surface area contributed by atoms with Crippen molar-refractivity contribution < 1.29 is 19.2 Å². The summed E-state index contributed by atoms with van der Waals surface area (Å²) in [4.78, 5) is 58.4. The number of anilines is 2. The maximum absolute atomic E-state index is 14.0. The number of nitrogens with zero attached hydrogens (tertiary/aromatic N) is 2. The van der Waals surface area contributed by atoms with Crippen LogP contribution in [-0.2, 0) is 0 Å². The molecule has 214 valence electrons. The van der Waals surface area contributed by atoms with Crippen molar-refractivity contribution in [3.63, 3.8) is 0 Å². The molecule has 0 aliphatic carbocycles. The molecule has 7 heteroatoms. The van der Waals surface area contributed by atoms with E-state index in [-0.39, 0.29) is 23.6 Å². The highest BCUT2D eigenvalue weighted by atomic mass is 127. The van der Waals surface area contributed by atoms with Gasteiger partial charge in [0, 0.05) is 36.6 Å². The molecule has 0 aromatic heterocycles. The van der Waals surface area contributed by atoms with E-state index in [0.717, 1.165) is 47.0 Å². The van der Waals surface area contributed by atoms with Crippen LogP contribution in [0.25, 0.3) is 43.1 Å². The summed E-state index contributed by atoms with van der Waals surface area (Å²) >= 11 is 2.19. The summed E-state index contributed by atoms with van der Waals surface area (Å²) in [5, 5.41) is 6.38. The second kappa shape index (κ2) is 8.95. The number of imide groups is 2. The third-order valence-corrected chi connectivity index (χ3v) is 10.0. The molecule has 9 rings (SSSR count). The van der Waals surface area contributed by atoms with Gasteiger partial charge in [0.05, 0.1) is 11.4 Å². The average molecular weight is 697 g/mol. The maximum atomic E-state index is 14.0. The second-order valence-corrected chi connectivity index (χ2v) is 13.0. The molecule has 2 aliphatic rings. The fourth-order valence-corrected chi connectivity index (χ4v) is 7.63. The van der Waals surface area contributed by atoms with Crippen LogP contribution in [0.15, 0.2) is 91.0 Å². The zero-order valence-electron chi connectivity index (χ0n) is 24.1. The highest BCUT2D eigenvalue weighted by Gasteiger charge is 2.38. The number of hydrogen-bond acceptors (Lipinski definition) is 4. The van der Waals surface area contributed by atoms with Gasteiger partial charge in [0.1, 0.15) is 0 Å². The third kappa shape index (κ3) is 3.33. The topological polar surface area (TPSA) is 74.8 Å². The molecule has 2 heterocycles. The summed E-state index contributed by atoms with van der Waals surface area (Å²) in [7, 11) is 0. The normalized spacial score (nSPS) is 14.6. The van der Waals surface area contributed by atoms with Crippen molar-refractivity contribution >= 4 is 101 Å². The molecular weight excluding hydrogens is 675 g/mol. The first kappa shape index (κ1) is 26.3. The van der Waals surface area contributed by atoms with E-state index in [2.05, 4.69) is 22.6 Å². The van der Waals surface area contributed by atoms with Crippen LogP contribution in [0.1, 0.15) is 52.6 Å². The molecule has 6 nitrogen and oxygen atoms in total. The zero-order chi connectivity index (χ0) is 30.9. The molecule has 0 saturated carbocycles. The molecule has 45 heavy (non-hydrogen) atoms. The Kier molecular flexibility index (Phi) is 5.23. The Balaban J connectivity index is 1.31. The number of rotatable bonds is 2. The number of carbonyl (C=O) groups is 4. The van der Waals surface area contributed by atoms with Gasteiger partial charge in [0.15, 0.2) is 0 Å². The van der Waals surface area contributed by atoms with Gasteiger partial charge < -0.3 is 0 Å². The number of halogens is 1. The van der Waals surface area contributed by atoms with Gasteiger partial charge in [-0.05, 0) is 134 Å². The van der Waals surface area contributed by atoms with Gasteiger partial charge in [-0.3, -0.25) is 19.2 Å². The van der Waals surface area contributed by atoms with E-state index in [1.54, 1.807) is 36.4 Å². The molecule has 0 spiro atoms. The predicted molar refractivity (Wildman–Crippen MR) is 185 cm³/mol. The molecule has 0 saturated heterocycles. The Morgan fingerprint density at radius 3 is 1.33 bits per heavy atom. The minimum Gasteiger partial charge on any atom is -0.268 e. The van der Waals surface area contributed by atoms with Crippen LogP contribution >= 0.6 is 22.6 Å². The smallest absolute Gasteiger partial charge is 0.265 e. The average Bonchev–Trinajstić information content (AvgIpc) is 3.04. The molecule has 7 aromatic rings. The molecule has 0 bridgehead atoms. The molecule has 4 amide bonds. The van der Waals surface area contributed by atoms with Gasteiger partial charge in [0.25, 0.3) is 23.6 Å².